The first-order chi connectivity index (χ1) is 13.5. The van der Waals surface area contributed by atoms with Crippen LogP contribution in [0.3, 0.4) is 0 Å². The van der Waals surface area contributed by atoms with Crippen LogP contribution in [0.4, 0.5) is 0 Å². The van der Waals surface area contributed by atoms with Gasteiger partial charge >= 0.3 is 5.97 Å². The van der Waals surface area contributed by atoms with E-state index in [0.29, 0.717) is 27.6 Å². The van der Waals surface area contributed by atoms with Gasteiger partial charge in [-0.05, 0) is 72.3 Å². The van der Waals surface area contributed by atoms with E-state index in [1.165, 1.54) is 6.08 Å². The molecule has 0 spiro atoms. The third kappa shape index (κ3) is 5.09. The molecule has 0 unspecified atom stereocenters. The zero-order valence-corrected chi connectivity index (χ0v) is 15.8. The predicted molar refractivity (Wildman–Crippen MR) is 109 cm³/mol. The van der Waals surface area contributed by atoms with Crippen molar-refractivity contribution >= 4 is 29.4 Å². The summed E-state index contributed by atoms with van der Waals surface area (Å²) in [5.41, 5.74) is 1.70. The van der Waals surface area contributed by atoms with Crippen LogP contribution in [0, 0.1) is 0 Å². The molecule has 0 amide bonds. The molecule has 0 saturated carbocycles. The summed E-state index contributed by atoms with van der Waals surface area (Å²) in [6.45, 7) is 0. The average Bonchev–Trinajstić information content (AvgIpc) is 2.73. The number of hydrogen-bond donors (Lipinski definition) is 0. The van der Waals surface area contributed by atoms with Crippen LogP contribution in [-0.2, 0) is 0 Å². The normalized spacial score (nSPS) is 10.6. The lowest BCUT2D eigenvalue weighted by molar-refractivity contribution is 0.0734. The number of hydrogen-bond acceptors (Lipinski definition) is 4. The quantitative estimate of drug-likeness (QED) is 0.242. The molecule has 0 aliphatic carbocycles. The Balaban J connectivity index is 1.68. The van der Waals surface area contributed by atoms with Gasteiger partial charge in [-0.15, -0.1) is 0 Å². The SMILES string of the molecule is COc1ccc(C(=O)Oc2cccc(/C=C/C(=O)c3ccc(Cl)cc3)c2)cc1. The van der Waals surface area contributed by atoms with Crippen molar-refractivity contribution in [1.29, 1.82) is 0 Å². The molecule has 3 aromatic rings. The molecule has 3 rings (SSSR count). The number of esters is 1. The van der Waals surface area contributed by atoms with Crippen LogP contribution in [0.15, 0.2) is 78.9 Å². The molecule has 0 N–H and O–H groups in total. The number of allylic oxidation sites excluding steroid dienone is 1. The van der Waals surface area contributed by atoms with Crippen molar-refractivity contribution in [3.05, 3.63) is 101 Å². The Labute approximate surface area is 168 Å². The van der Waals surface area contributed by atoms with E-state index in [2.05, 4.69) is 0 Å². The van der Waals surface area contributed by atoms with Crippen molar-refractivity contribution in [2.45, 2.75) is 0 Å². The Morgan fingerprint density at radius 1 is 0.857 bits per heavy atom. The van der Waals surface area contributed by atoms with Crippen LogP contribution in [0.2, 0.25) is 5.02 Å². The minimum absolute atomic E-state index is 0.141. The molecule has 0 heterocycles. The van der Waals surface area contributed by atoms with Gasteiger partial charge in [0.25, 0.3) is 0 Å². The molecule has 3 aromatic carbocycles. The molecule has 0 radical (unpaired) electrons. The van der Waals surface area contributed by atoms with Crippen LogP contribution in [0.1, 0.15) is 26.3 Å². The van der Waals surface area contributed by atoms with Gasteiger partial charge in [0.15, 0.2) is 5.78 Å². The lowest BCUT2D eigenvalue weighted by Crippen LogP contribution is -2.08. The molecule has 140 valence electrons. The highest BCUT2D eigenvalue weighted by atomic mass is 35.5. The van der Waals surface area contributed by atoms with Gasteiger partial charge in [0.1, 0.15) is 11.5 Å². The number of rotatable bonds is 6. The van der Waals surface area contributed by atoms with Crippen LogP contribution in [-0.4, -0.2) is 18.9 Å². The summed E-state index contributed by atoms with van der Waals surface area (Å²) >= 11 is 5.83. The predicted octanol–water partition coefficient (Wildman–Crippen LogP) is 5.46. The second-order valence-electron chi connectivity index (χ2n) is 5.89. The van der Waals surface area contributed by atoms with Crippen molar-refractivity contribution in [3.8, 4) is 11.5 Å². The number of ether oxygens (including phenoxy) is 2. The summed E-state index contributed by atoms with van der Waals surface area (Å²) in [7, 11) is 1.56. The van der Waals surface area contributed by atoms with Gasteiger partial charge in [0.05, 0.1) is 12.7 Å². The molecule has 0 saturated heterocycles. The Bertz CT molecular complexity index is 1010. The first-order valence-corrected chi connectivity index (χ1v) is 8.87. The Morgan fingerprint density at radius 3 is 2.21 bits per heavy atom. The van der Waals surface area contributed by atoms with Gasteiger partial charge in [0, 0.05) is 10.6 Å². The Kier molecular flexibility index (Phi) is 6.25. The number of carbonyl (C=O) groups is 2. The van der Waals surface area contributed by atoms with Gasteiger partial charge in [-0.2, -0.15) is 0 Å². The zero-order valence-electron chi connectivity index (χ0n) is 15.1. The molecule has 0 bridgehead atoms. The van der Waals surface area contributed by atoms with E-state index < -0.39 is 5.97 Å². The van der Waals surface area contributed by atoms with Crippen molar-refractivity contribution in [2.75, 3.05) is 7.11 Å². The van der Waals surface area contributed by atoms with Crippen LogP contribution in [0.5, 0.6) is 11.5 Å². The monoisotopic (exact) mass is 392 g/mol. The average molecular weight is 393 g/mol. The molecular weight excluding hydrogens is 376 g/mol. The smallest absolute Gasteiger partial charge is 0.343 e. The molecule has 0 aromatic heterocycles. The minimum Gasteiger partial charge on any atom is -0.497 e. The maximum atomic E-state index is 12.3. The molecule has 0 aliphatic rings. The zero-order chi connectivity index (χ0) is 19.9. The second kappa shape index (κ2) is 9.02. The number of benzene rings is 3. The van der Waals surface area contributed by atoms with E-state index in [1.807, 2.05) is 6.07 Å². The fourth-order valence-corrected chi connectivity index (χ4v) is 2.58. The molecule has 0 aliphatic heterocycles. The van der Waals surface area contributed by atoms with Gasteiger partial charge < -0.3 is 9.47 Å². The van der Waals surface area contributed by atoms with Crippen molar-refractivity contribution in [2.24, 2.45) is 0 Å². The van der Waals surface area contributed by atoms with Crippen LogP contribution in [0.25, 0.3) is 6.08 Å². The molecule has 5 heteroatoms. The number of methoxy groups -OCH3 is 1. The number of halogens is 1. The topological polar surface area (TPSA) is 52.6 Å². The summed E-state index contributed by atoms with van der Waals surface area (Å²) in [5.74, 6) is 0.439. The van der Waals surface area contributed by atoms with E-state index in [-0.39, 0.29) is 5.78 Å². The third-order valence-corrected chi connectivity index (χ3v) is 4.20. The summed E-state index contributed by atoms with van der Waals surface area (Å²) in [5, 5.41) is 0.576. The fourth-order valence-electron chi connectivity index (χ4n) is 2.46. The lowest BCUT2D eigenvalue weighted by atomic mass is 10.1. The maximum absolute atomic E-state index is 12.3. The lowest BCUT2D eigenvalue weighted by Gasteiger charge is -2.06. The van der Waals surface area contributed by atoms with Crippen LogP contribution < -0.4 is 9.47 Å². The molecular formula is C23H17ClO4. The number of ketones is 1. The van der Waals surface area contributed by atoms with Crippen molar-refractivity contribution in [1.82, 2.24) is 0 Å². The van der Waals surface area contributed by atoms with E-state index >= 15 is 0 Å². The van der Waals surface area contributed by atoms with Gasteiger partial charge in [-0.1, -0.05) is 29.8 Å². The standard InChI is InChI=1S/C23H17ClO4/c1-27-20-12-8-18(9-13-20)23(26)28-21-4-2-3-16(15-21)5-14-22(25)17-6-10-19(24)11-7-17/h2-15H,1H3/b14-5+. The largest absolute Gasteiger partial charge is 0.497 e. The van der Waals surface area contributed by atoms with Gasteiger partial charge in [-0.25, -0.2) is 4.79 Å². The van der Waals surface area contributed by atoms with Gasteiger partial charge in [-0.3, -0.25) is 4.79 Å². The minimum atomic E-state index is -0.471. The first-order valence-electron chi connectivity index (χ1n) is 8.49. The highest BCUT2D eigenvalue weighted by molar-refractivity contribution is 6.30. The number of carbonyl (C=O) groups excluding carboxylic acids is 2. The maximum Gasteiger partial charge on any atom is 0.343 e. The molecule has 28 heavy (non-hydrogen) atoms. The van der Waals surface area contributed by atoms with E-state index in [9.17, 15) is 9.59 Å². The summed E-state index contributed by atoms with van der Waals surface area (Å²) in [6, 6.07) is 20.3. The van der Waals surface area contributed by atoms with E-state index in [1.54, 1.807) is 79.9 Å². The second-order valence-corrected chi connectivity index (χ2v) is 6.33. The van der Waals surface area contributed by atoms with Crippen molar-refractivity contribution in [3.63, 3.8) is 0 Å². The Morgan fingerprint density at radius 2 is 1.54 bits per heavy atom. The molecule has 0 fully saturated rings. The highest BCUT2D eigenvalue weighted by Crippen LogP contribution is 2.18. The van der Waals surface area contributed by atoms with Crippen LogP contribution >= 0.6 is 11.6 Å². The summed E-state index contributed by atoms with van der Waals surface area (Å²) < 4.78 is 10.5. The van der Waals surface area contributed by atoms with Crippen molar-refractivity contribution < 1.29 is 19.1 Å². The van der Waals surface area contributed by atoms with Gasteiger partial charge in [0.2, 0.25) is 0 Å². The molecule has 4 nitrogen and oxygen atoms in total. The summed E-state index contributed by atoms with van der Waals surface area (Å²) in [4.78, 5) is 24.5. The van der Waals surface area contributed by atoms with E-state index in [0.717, 1.165) is 5.56 Å². The third-order valence-electron chi connectivity index (χ3n) is 3.95. The summed E-state index contributed by atoms with van der Waals surface area (Å²) in [6.07, 6.45) is 3.13. The first kappa shape index (κ1) is 19.4. The highest BCUT2D eigenvalue weighted by Gasteiger charge is 2.09. The Hall–Kier alpha value is -3.37. The molecule has 0 atom stereocenters. The van der Waals surface area contributed by atoms with E-state index in [4.69, 9.17) is 21.1 Å². The fraction of sp³-hybridized carbons (Fsp3) is 0.0435.